The number of carbonyl (C=O) groups is 2. The van der Waals surface area contributed by atoms with E-state index in [1.165, 1.54) is 0 Å². The summed E-state index contributed by atoms with van der Waals surface area (Å²) in [6.45, 7) is 3.84. The zero-order valence-electron chi connectivity index (χ0n) is 16.8. The summed E-state index contributed by atoms with van der Waals surface area (Å²) in [5.41, 5.74) is 0.722. The lowest BCUT2D eigenvalue weighted by Crippen LogP contribution is -2.47. The van der Waals surface area contributed by atoms with Crippen molar-refractivity contribution in [3.05, 3.63) is 58.6 Å². The van der Waals surface area contributed by atoms with Gasteiger partial charge in [0.1, 0.15) is 11.6 Å². The van der Waals surface area contributed by atoms with Gasteiger partial charge in [-0.05, 0) is 63.4 Å². The van der Waals surface area contributed by atoms with Crippen molar-refractivity contribution >= 4 is 34.8 Å². The number of hydrogen-bond donors (Lipinski definition) is 2. The van der Waals surface area contributed by atoms with E-state index < -0.39 is 17.5 Å². The summed E-state index contributed by atoms with van der Waals surface area (Å²) in [6, 6.07) is 7.97. The van der Waals surface area contributed by atoms with Gasteiger partial charge in [-0.3, -0.25) is 9.59 Å². The molecule has 2 N–H and O–H groups in total. The van der Waals surface area contributed by atoms with Crippen molar-refractivity contribution in [1.82, 2.24) is 4.90 Å². The Hall–Kier alpha value is -2.67. The summed E-state index contributed by atoms with van der Waals surface area (Å²) >= 11 is 6.12. The highest BCUT2D eigenvalue weighted by molar-refractivity contribution is 6.31. The van der Waals surface area contributed by atoms with Gasteiger partial charge in [-0.25, -0.2) is 8.78 Å². The van der Waals surface area contributed by atoms with Gasteiger partial charge in [-0.1, -0.05) is 11.6 Å². The molecule has 2 amide bonds. The van der Waals surface area contributed by atoms with E-state index in [4.69, 9.17) is 11.6 Å². The minimum Gasteiger partial charge on any atom is -0.375 e. The molecule has 2 atom stereocenters. The zero-order chi connectivity index (χ0) is 21.8. The van der Waals surface area contributed by atoms with Gasteiger partial charge < -0.3 is 15.5 Å². The van der Waals surface area contributed by atoms with Gasteiger partial charge in [-0.2, -0.15) is 0 Å². The number of rotatable bonds is 5. The molecule has 0 aromatic heterocycles. The van der Waals surface area contributed by atoms with Gasteiger partial charge in [0, 0.05) is 28.9 Å². The summed E-state index contributed by atoms with van der Waals surface area (Å²) in [4.78, 5) is 27.3. The molecule has 0 bridgehead atoms. The third kappa shape index (κ3) is 5.08. The molecule has 1 saturated heterocycles. The number of nitrogens with one attached hydrogen (secondary N) is 2. The summed E-state index contributed by atoms with van der Waals surface area (Å²) in [7, 11) is 0. The third-order valence-corrected chi connectivity index (χ3v) is 5.52. The van der Waals surface area contributed by atoms with E-state index >= 15 is 0 Å². The van der Waals surface area contributed by atoms with Gasteiger partial charge in [0.05, 0.1) is 17.8 Å². The Balaban J connectivity index is 1.73. The Morgan fingerprint density at radius 2 is 1.73 bits per heavy atom. The van der Waals surface area contributed by atoms with Crippen LogP contribution in [-0.4, -0.2) is 35.3 Å². The first-order chi connectivity index (χ1) is 14.3. The van der Waals surface area contributed by atoms with E-state index in [2.05, 4.69) is 10.6 Å². The van der Waals surface area contributed by atoms with E-state index in [1.807, 2.05) is 18.7 Å². The van der Waals surface area contributed by atoms with Crippen LogP contribution in [0.3, 0.4) is 0 Å². The first-order valence-corrected chi connectivity index (χ1v) is 10.2. The molecular formula is C22H24ClF2N3O2. The maximum absolute atomic E-state index is 13.7. The maximum Gasteiger partial charge on any atom is 0.256 e. The molecule has 0 saturated carbocycles. The normalized spacial score (nSPS) is 18.8. The Labute approximate surface area is 179 Å². The van der Waals surface area contributed by atoms with Crippen molar-refractivity contribution in [2.75, 3.05) is 17.2 Å². The van der Waals surface area contributed by atoms with Gasteiger partial charge in [0.25, 0.3) is 5.91 Å². The second-order valence-corrected chi connectivity index (χ2v) is 7.99. The average molecular weight is 436 g/mol. The fourth-order valence-electron chi connectivity index (χ4n) is 3.77. The molecule has 30 heavy (non-hydrogen) atoms. The van der Waals surface area contributed by atoms with Gasteiger partial charge >= 0.3 is 0 Å². The van der Waals surface area contributed by atoms with Crippen molar-refractivity contribution in [3.8, 4) is 0 Å². The number of likely N-dealkylation sites (tertiary alicyclic amines) is 1. The fraction of sp³-hybridized carbons (Fsp3) is 0.364. The van der Waals surface area contributed by atoms with Crippen LogP contribution in [0.15, 0.2) is 36.4 Å². The number of benzene rings is 2. The first kappa shape index (κ1) is 22.0. The molecule has 1 aliphatic heterocycles. The Morgan fingerprint density at radius 1 is 1.07 bits per heavy atom. The Morgan fingerprint density at radius 3 is 2.40 bits per heavy atom. The van der Waals surface area contributed by atoms with E-state index in [0.29, 0.717) is 22.3 Å². The molecule has 0 aliphatic carbocycles. The minimum absolute atomic E-state index is 0.109. The molecule has 1 heterocycles. The summed E-state index contributed by atoms with van der Waals surface area (Å²) in [5.74, 6) is -2.27. The van der Waals surface area contributed by atoms with Crippen LogP contribution < -0.4 is 10.6 Å². The SMILES string of the molecule is C[C@@H]1CCC[C@H](C)N1C(=O)c1cc(Cl)ccc1NCC(=O)Nc1ccc(F)cc1F. The number of halogens is 3. The molecule has 0 spiro atoms. The lowest BCUT2D eigenvalue weighted by molar-refractivity contribution is -0.114. The maximum atomic E-state index is 13.7. The number of amides is 2. The molecule has 1 aliphatic rings. The highest BCUT2D eigenvalue weighted by Gasteiger charge is 2.31. The monoisotopic (exact) mass is 435 g/mol. The molecule has 0 unspecified atom stereocenters. The van der Waals surface area contributed by atoms with E-state index in [-0.39, 0.29) is 30.2 Å². The summed E-state index contributed by atoms with van der Waals surface area (Å²) in [6.07, 6.45) is 2.95. The first-order valence-electron chi connectivity index (χ1n) is 9.87. The topological polar surface area (TPSA) is 61.4 Å². The molecule has 160 valence electrons. The fourth-order valence-corrected chi connectivity index (χ4v) is 3.94. The quantitative estimate of drug-likeness (QED) is 0.689. The average Bonchev–Trinajstić information content (AvgIpc) is 2.69. The lowest BCUT2D eigenvalue weighted by Gasteiger charge is -2.39. The summed E-state index contributed by atoms with van der Waals surface area (Å²) in [5, 5.41) is 5.72. The van der Waals surface area contributed by atoms with Crippen LogP contribution in [-0.2, 0) is 4.79 Å². The van der Waals surface area contributed by atoms with Crippen LogP contribution in [0, 0.1) is 11.6 Å². The van der Waals surface area contributed by atoms with E-state index in [9.17, 15) is 18.4 Å². The standard InChI is InChI=1S/C22H24ClF2N3O2/c1-13-4-3-5-14(2)28(13)22(30)17-10-15(23)6-8-19(17)26-12-21(29)27-20-9-7-16(24)11-18(20)25/h6-11,13-14,26H,3-5,12H2,1-2H3,(H,27,29)/t13-,14+. The predicted octanol–water partition coefficient (Wildman–Crippen LogP) is 5.07. The van der Waals surface area contributed by atoms with Crippen LogP contribution in [0.1, 0.15) is 43.5 Å². The van der Waals surface area contributed by atoms with E-state index in [1.54, 1.807) is 18.2 Å². The molecule has 1 fully saturated rings. The minimum atomic E-state index is -0.862. The van der Waals surface area contributed by atoms with Crippen molar-refractivity contribution in [2.45, 2.75) is 45.2 Å². The molecule has 2 aromatic carbocycles. The molecule has 8 heteroatoms. The smallest absolute Gasteiger partial charge is 0.256 e. The van der Waals surface area contributed by atoms with Crippen molar-refractivity contribution in [1.29, 1.82) is 0 Å². The molecule has 0 radical (unpaired) electrons. The van der Waals surface area contributed by atoms with Gasteiger partial charge in [0.2, 0.25) is 5.91 Å². The molecule has 5 nitrogen and oxygen atoms in total. The third-order valence-electron chi connectivity index (χ3n) is 5.28. The number of piperidine rings is 1. The summed E-state index contributed by atoms with van der Waals surface area (Å²) < 4.78 is 26.7. The molecule has 2 aromatic rings. The van der Waals surface area contributed by atoms with Crippen LogP contribution >= 0.6 is 11.6 Å². The molecular weight excluding hydrogens is 412 g/mol. The van der Waals surface area contributed by atoms with E-state index in [0.717, 1.165) is 31.4 Å². The van der Waals surface area contributed by atoms with Gasteiger partial charge in [0.15, 0.2) is 0 Å². The van der Waals surface area contributed by atoms with Crippen molar-refractivity contribution < 1.29 is 18.4 Å². The predicted molar refractivity (Wildman–Crippen MR) is 114 cm³/mol. The number of nitrogens with zero attached hydrogens (tertiary/aromatic N) is 1. The van der Waals surface area contributed by atoms with Crippen molar-refractivity contribution in [2.24, 2.45) is 0 Å². The number of carbonyl (C=O) groups excluding carboxylic acids is 2. The number of hydrogen-bond acceptors (Lipinski definition) is 3. The van der Waals surface area contributed by atoms with Crippen LogP contribution in [0.2, 0.25) is 5.02 Å². The highest BCUT2D eigenvalue weighted by Crippen LogP contribution is 2.28. The van der Waals surface area contributed by atoms with Crippen LogP contribution in [0.25, 0.3) is 0 Å². The zero-order valence-corrected chi connectivity index (χ0v) is 17.6. The lowest BCUT2D eigenvalue weighted by atomic mass is 9.96. The second-order valence-electron chi connectivity index (χ2n) is 7.56. The van der Waals surface area contributed by atoms with Crippen LogP contribution in [0.4, 0.5) is 20.2 Å². The Bertz CT molecular complexity index is 944. The second kappa shape index (κ2) is 9.43. The number of anilines is 2. The molecule has 3 rings (SSSR count). The Kier molecular flexibility index (Phi) is 6.92. The largest absolute Gasteiger partial charge is 0.375 e. The van der Waals surface area contributed by atoms with Crippen LogP contribution in [0.5, 0.6) is 0 Å². The van der Waals surface area contributed by atoms with Gasteiger partial charge in [-0.15, -0.1) is 0 Å². The highest BCUT2D eigenvalue weighted by atomic mass is 35.5. The van der Waals surface area contributed by atoms with Crippen molar-refractivity contribution in [3.63, 3.8) is 0 Å².